The van der Waals surface area contributed by atoms with Crippen LogP contribution < -0.4 is 10.5 Å². The Morgan fingerprint density at radius 1 is 1.56 bits per heavy atom. The number of halogens is 2. The van der Waals surface area contributed by atoms with Crippen LogP contribution in [0.15, 0.2) is 18.2 Å². The first kappa shape index (κ1) is 13.2. The SMILES string of the molecule is CC(CN)S(=O)(=O)Nc1cc(F)ccc1Cl. The predicted molar refractivity (Wildman–Crippen MR) is 62.5 cm³/mol. The molecule has 0 aliphatic heterocycles. The van der Waals surface area contributed by atoms with E-state index in [1.807, 2.05) is 0 Å². The molecule has 0 heterocycles. The Morgan fingerprint density at radius 3 is 2.75 bits per heavy atom. The summed E-state index contributed by atoms with van der Waals surface area (Å²) in [5.74, 6) is -0.567. The molecule has 0 saturated heterocycles. The van der Waals surface area contributed by atoms with Gasteiger partial charge in [-0.05, 0) is 25.1 Å². The van der Waals surface area contributed by atoms with Crippen molar-refractivity contribution in [3.05, 3.63) is 29.0 Å². The average Bonchev–Trinajstić information content (AvgIpc) is 2.22. The van der Waals surface area contributed by atoms with Gasteiger partial charge in [-0.1, -0.05) is 11.6 Å². The van der Waals surface area contributed by atoms with Crippen molar-refractivity contribution in [2.45, 2.75) is 12.2 Å². The Kier molecular flexibility index (Phi) is 4.12. The number of nitrogens with one attached hydrogen (secondary N) is 1. The number of benzene rings is 1. The van der Waals surface area contributed by atoms with E-state index >= 15 is 0 Å². The van der Waals surface area contributed by atoms with Gasteiger partial charge < -0.3 is 5.73 Å². The minimum absolute atomic E-state index is 0.0157. The molecule has 0 saturated carbocycles. The first-order valence-electron chi connectivity index (χ1n) is 4.53. The van der Waals surface area contributed by atoms with Crippen LogP contribution in [0.25, 0.3) is 0 Å². The van der Waals surface area contributed by atoms with E-state index in [0.29, 0.717) is 0 Å². The fraction of sp³-hybridized carbons (Fsp3) is 0.333. The van der Waals surface area contributed by atoms with Crippen molar-refractivity contribution in [3.63, 3.8) is 0 Å². The first-order valence-corrected chi connectivity index (χ1v) is 6.46. The second-order valence-corrected chi connectivity index (χ2v) is 5.82. The molecule has 7 heteroatoms. The molecule has 0 aliphatic carbocycles. The molecule has 16 heavy (non-hydrogen) atoms. The summed E-state index contributed by atoms with van der Waals surface area (Å²) in [7, 11) is -3.63. The third-order valence-electron chi connectivity index (χ3n) is 2.04. The molecule has 0 spiro atoms. The van der Waals surface area contributed by atoms with Gasteiger partial charge in [0.15, 0.2) is 0 Å². The van der Waals surface area contributed by atoms with Crippen molar-refractivity contribution in [2.75, 3.05) is 11.3 Å². The van der Waals surface area contributed by atoms with Crippen molar-refractivity contribution in [1.29, 1.82) is 0 Å². The number of hydrogen-bond donors (Lipinski definition) is 2. The van der Waals surface area contributed by atoms with Crippen LogP contribution in [0.1, 0.15) is 6.92 Å². The zero-order chi connectivity index (χ0) is 12.3. The van der Waals surface area contributed by atoms with Gasteiger partial charge in [0.05, 0.1) is 16.0 Å². The maximum atomic E-state index is 12.9. The Bertz CT molecular complexity index is 478. The van der Waals surface area contributed by atoms with Crippen LogP contribution in [0.5, 0.6) is 0 Å². The second kappa shape index (κ2) is 4.99. The lowest BCUT2D eigenvalue weighted by Gasteiger charge is -2.13. The Hall–Kier alpha value is -0.850. The quantitative estimate of drug-likeness (QED) is 0.869. The van der Waals surface area contributed by atoms with Gasteiger partial charge in [-0.2, -0.15) is 0 Å². The third kappa shape index (κ3) is 3.07. The van der Waals surface area contributed by atoms with E-state index in [2.05, 4.69) is 4.72 Å². The molecule has 0 bridgehead atoms. The monoisotopic (exact) mass is 266 g/mol. The van der Waals surface area contributed by atoms with E-state index in [1.54, 1.807) is 0 Å². The molecule has 0 fully saturated rings. The number of hydrogen-bond acceptors (Lipinski definition) is 3. The second-order valence-electron chi connectivity index (χ2n) is 3.32. The van der Waals surface area contributed by atoms with Crippen molar-refractivity contribution in [2.24, 2.45) is 5.73 Å². The van der Waals surface area contributed by atoms with Crippen molar-refractivity contribution in [1.82, 2.24) is 0 Å². The van der Waals surface area contributed by atoms with Gasteiger partial charge in [0.2, 0.25) is 10.0 Å². The van der Waals surface area contributed by atoms with Crippen LogP contribution >= 0.6 is 11.6 Å². The smallest absolute Gasteiger partial charge is 0.236 e. The van der Waals surface area contributed by atoms with Gasteiger partial charge in [-0.3, -0.25) is 4.72 Å². The zero-order valence-corrected chi connectivity index (χ0v) is 10.1. The molecule has 0 radical (unpaired) electrons. The van der Waals surface area contributed by atoms with Crippen molar-refractivity contribution < 1.29 is 12.8 Å². The zero-order valence-electron chi connectivity index (χ0n) is 8.57. The number of sulfonamides is 1. The summed E-state index contributed by atoms with van der Waals surface area (Å²) in [5, 5.41) is -0.638. The lowest BCUT2D eigenvalue weighted by molar-refractivity contribution is 0.589. The van der Waals surface area contributed by atoms with E-state index in [1.165, 1.54) is 13.0 Å². The highest BCUT2D eigenvalue weighted by molar-refractivity contribution is 7.93. The normalized spacial score (nSPS) is 13.5. The van der Waals surface area contributed by atoms with E-state index < -0.39 is 21.1 Å². The minimum atomic E-state index is -3.63. The van der Waals surface area contributed by atoms with Gasteiger partial charge >= 0.3 is 0 Å². The summed E-state index contributed by atoms with van der Waals surface area (Å²) < 4.78 is 38.3. The molecular weight excluding hydrogens is 255 g/mol. The van der Waals surface area contributed by atoms with E-state index in [-0.39, 0.29) is 17.3 Å². The number of nitrogens with two attached hydrogens (primary N) is 1. The van der Waals surface area contributed by atoms with Crippen LogP contribution in [0, 0.1) is 5.82 Å². The molecule has 0 aromatic heterocycles. The van der Waals surface area contributed by atoms with Crippen molar-refractivity contribution in [3.8, 4) is 0 Å². The maximum absolute atomic E-state index is 12.9. The molecule has 0 amide bonds. The lowest BCUT2D eigenvalue weighted by Crippen LogP contribution is -2.31. The maximum Gasteiger partial charge on any atom is 0.236 e. The molecule has 0 aliphatic rings. The Morgan fingerprint density at radius 2 is 2.19 bits per heavy atom. The van der Waals surface area contributed by atoms with Gasteiger partial charge in [-0.15, -0.1) is 0 Å². The fourth-order valence-corrected chi connectivity index (χ4v) is 2.11. The summed E-state index contributed by atoms with van der Waals surface area (Å²) >= 11 is 5.73. The van der Waals surface area contributed by atoms with E-state index in [9.17, 15) is 12.8 Å². The molecule has 1 unspecified atom stereocenters. The highest BCUT2D eigenvalue weighted by atomic mass is 35.5. The van der Waals surface area contributed by atoms with Gasteiger partial charge in [0.1, 0.15) is 5.82 Å². The summed E-state index contributed by atoms with van der Waals surface area (Å²) in [6, 6.07) is 3.44. The van der Waals surface area contributed by atoms with Gasteiger partial charge in [0, 0.05) is 6.54 Å². The fourth-order valence-electron chi connectivity index (χ4n) is 0.956. The van der Waals surface area contributed by atoms with Crippen LogP contribution in [-0.4, -0.2) is 20.2 Å². The van der Waals surface area contributed by atoms with Crippen LogP contribution in [0.2, 0.25) is 5.02 Å². The molecule has 1 rings (SSSR count). The number of anilines is 1. The van der Waals surface area contributed by atoms with E-state index in [0.717, 1.165) is 12.1 Å². The highest BCUT2D eigenvalue weighted by Gasteiger charge is 2.20. The lowest BCUT2D eigenvalue weighted by atomic mass is 10.3. The van der Waals surface area contributed by atoms with Crippen LogP contribution in [0.4, 0.5) is 10.1 Å². The largest absolute Gasteiger partial charge is 0.329 e. The summed E-state index contributed by atoms with van der Waals surface area (Å²) in [6.07, 6.45) is 0. The molecule has 3 N–H and O–H groups in total. The standard InChI is InChI=1S/C9H12ClFN2O2S/c1-6(5-12)16(14,15)13-9-4-7(11)2-3-8(9)10/h2-4,6,13H,5,12H2,1H3. The third-order valence-corrected chi connectivity index (χ3v) is 4.13. The minimum Gasteiger partial charge on any atom is -0.329 e. The van der Waals surface area contributed by atoms with E-state index in [4.69, 9.17) is 17.3 Å². The molecule has 1 aromatic carbocycles. The highest BCUT2D eigenvalue weighted by Crippen LogP contribution is 2.24. The first-order chi connectivity index (χ1) is 7.36. The molecule has 4 nitrogen and oxygen atoms in total. The molecule has 1 atom stereocenters. The summed E-state index contributed by atoms with van der Waals surface area (Å²) in [6.45, 7) is 1.43. The Balaban J connectivity index is 3.01. The predicted octanol–water partition coefficient (Wildman–Crippen LogP) is 1.57. The molecule has 1 aromatic rings. The molecule has 90 valence electrons. The Labute approximate surface area is 98.6 Å². The number of rotatable bonds is 4. The van der Waals surface area contributed by atoms with Gasteiger partial charge in [0.25, 0.3) is 0 Å². The topological polar surface area (TPSA) is 72.2 Å². The van der Waals surface area contributed by atoms with Crippen LogP contribution in [-0.2, 0) is 10.0 Å². The average molecular weight is 267 g/mol. The van der Waals surface area contributed by atoms with Crippen molar-refractivity contribution >= 4 is 27.3 Å². The summed E-state index contributed by atoms with van der Waals surface area (Å²) in [4.78, 5) is 0. The summed E-state index contributed by atoms with van der Waals surface area (Å²) in [5.41, 5.74) is 5.27. The van der Waals surface area contributed by atoms with Crippen LogP contribution in [0.3, 0.4) is 0 Å². The molecular formula is C9H12ClFN2O2S. The van der Waals surface area contributed by atoms with Gasteiger partial charge in [-0.25, -0.2) is 12.8 Å².